The van der Waals surface area contributed by atoms with Crippen molar-refractivity contribution in [2.24, 2.45) is 0 Å². The van der Waals surface area contributed by atoms with Crippen LogP contribution < -0.4 is 10.2 Å². The summed E-state index contributed by atoms with van der Waals surface area (Å²) in [6.45, 7) is 2.65. The van der Waals surface area contributed by atoms with Crippen LogP contribution in [0.2, 0.25) is 0 Å². The quantitative estimate of drug-likeness (QED) is 0.600. The monoisotopic (exact) mass is 406 g/mol. The van der Waals surface area contributed by atoms with E-state index in [1.54, 1.807) is 0 Å². The van der Waals surface area contributed by atoms with Crippen molar-refractivity contribution in [3.8, 4) is 0 Å². The molecule has 5 nitrogen and oxygen atoms in total. The van der Waals surface area contributed by atoms with Gasteiger partial charge in [0.1, 0.15) is 5.03 Å². The summed E-state index contributed by atoms with van der Waals surface area (Å²) in [7, 11) is 0. The number of hydrogen-bond donors (Lipinski definition) is 1. The van der Waals surface area contributed by atoms with E-state index in [2.05, 4.69) is 22.3 Å². The molecule has 0 saturated carbocycles. The summed E-state index contributed by atoms with van der Waals surface area (Å²) in [5.74, 6) is 1.30. The Hall–Kier alpha value is -2.60. The van der Waals surface area contributed by atoms with Crippen molar-refractivity contribution in [1.82, 2.24) is 15.3 Å². The number of piperidine rings is 1. The molecule has 1 aliphatic heterocycles. The Balaban J connectivity index is 1.41. The van der Waals surface area contributed by atoms with E-state index in [1.165, 1.54) is 36.6 Å². The van der Waals surface area contributed by atoms with Gasteiger partial charge >= 0.3 is 0 Å². The second-order valence-electron chi connectivity index (χ2n) is 7.26. The summed E-state index contributed by atoms with van der Waals surface area (Å²) < 4.78 is 0. The SMILES string of the molecule is O=C(CSc1nc2ccccc2nc1N1CCCCC1)NCCc1ccccc1. The van der Waals surface area contributed by atoms with Gasteiger partial charge in [-0.15, -0.1) is 0 Å². The van der Waals surface area contributed by atoms with Crippen LogP contribution in [0, 0.1) is 0 Å². The van der Waals surface area contributed by atoms with Crippen LogP contribution in [-0.2, 0) is 11.2 Å². The maximum absolute atomic E-state index is 12.4. The second-order valence-corrected chi connectivity index (χ2v) is 8.23. The normalized spacial score (nSPS) is 14.1. The maximum Gasteiger partial charge on any atom is 0.230 e. The molecule has 0 aliphatic carbocycles. The van der Waals surface area contributed by atoms with Crippen LogP contribution >= 0.6 is 11.8 Å². The van der Waals surface area contributed by atoms with Crippen LogP contribution in [0.1, 0.15) is 24.8 Å². The van der Waals surface area contributed by atoms with Gasteiger partial charge in [-0.1, -0.05) is 54.2 Å². The average Bonchev–Trinajstić information content (AvgIpc) is 2.78. The molecule has 0 unspecified atom stereocenters. The highest BCUT2D eigenvalue weighted by Gasteiger charge is 2.19. The van der Waals surface area contributed by atoms with Gasteiger partial charge in [0.25, 0.3) is 0 Å². The third-order valence-corrected chi connectivity index (χ3v) is 6.05. The van der Waals surface area contributed by atoms with Gasteiger partial charge < -0.3 is 10.2 Å². The van der Waals surface area contributed by atoms with E-state index in [-0.39, 0.29) is 5.91 Å². The van der Waals surface area contributed by atoms with E-state index in [0.29, 0.717) is 12.3 Å². The molecule has 1 fully saturated rings. The first kappa shape index (κ1) is 19.7. The number of thioether (sulfide) groups is 1. The molecule has 0 bridgehead atoms. The Labute approximate surface area is 175 Å². The van der Waals surface area contributed by atoms with E-state index in [4.69, 9.17) is 9.97 Å². The molecule has 2 aromatic carbocycles. The number of hydrogen-bond acceptors (Lipinski definition) is 5. The van der Waals surface area contributed by atoms with Crippen molar-refractivity contribution in [2.75, 3.05) is 30.3 Å². The van der Waals surface area contributed by atoms with Crippen LogP contribution in [-0.4, -0.2) is 41.3 Å². The Bertz CT molecular complexity index is 958. The number of aromatic nitrogens is 2. The van der Waals surface area contributed by atoms with Crippen LogP contribution in [0.4, 0.5) is 5.82 Å². The number of benzene rings is 2. The standard InChI is InChI=1S/C23H26N4OS/c28-21(24-14-13-18-9-3-1-4-10-18)17-29-23-22(27-15-7-2-8-16-27)25-19-11-5-6-12-20(19)26-23/h1,3-6,9-12H,2,7-8,13-17H2,(H,24,28). The minimum absolute atomic E-state index is 0.0329. The van der Waals surface area contributed by atoms with E-state index < -0.39 is 0 Å². The Kier molecular flexibility index (Phi) is 6.62. The van der Waals surface area contributed by atoms with Gasteiger partial charge in [-0.05, 0) is 43.4 Å². The lowest BCUT2D eigenvalue weighted by atomic mass is 10.1. The number of carbonyl (C=O) groups is 1. The van der Waals surface area contributed by atoms with E-state index >= 15 is 0 Å². The van der Waals surface area contributed by atoms with Crippen molar-refractivity contribution in [2.45, 2.75) is 30.7 Å². The summed E-state index contributed by atoms with van der Waals surface area (Å²) in [5.41, 5.74) is 3.01. The highest BCUT2D eigenvalue weighted by Crippen LogP contribution is 2.30. The molecule has 1 N–H and O–H groups in total. The van der Waals surface area contributed by atoms with E-state index in [1.807, 2.05) is 42.5 Å². The van der Waals surface area contributed by atoms with Crippen LogP contribution in [0.25, 0.3) is 11.0 Å². The fourth-order valence-electron chi connectivity index (χ4n) is 3.56. The van der Waals surface area contributed by atoms with Gasteiger partial charge in [0, 0.05) is 19.6 Å². The highest BCUT2D eigenvalue weighted by atomic mass is 32.2. The lowest BCUT2D eigenvalue weighted by molar-refractivity contribution is -0.118. The summed E-state index contributed by atoms with van der Waals surface area (Å²) in [6, 6.07) is 18.1. The van der Waals surface area contributed by atoms with Gasteiger partial charge in [-0.2, -0.15) is 0 Å². The first-order valence-electron chi connectivity index (χ1n) is 10.2. The number of para-hydroxylation sites is 2. The lowest BCUT2D eigenvalue weighted by Crippen LogP contribution is -2.31. The average molecular weight is 407 g/mol. The molecular weight excluding hydrogens is 380 g/mol. The number of anilines is 1. The Morgan fingerprint density at radius 3 is 2.38 bits per heavy atom. The molecule has 29 heavy (non-hydrogen) atoms. The number of nitrogens with zero attached hydrogens (tertiary/aromatic N) is 3. The molecule has 0 spiro atoms. The molecule has 150 valence electrons. The molecule has 6 heteroatoms. The zero-order valence-electron chi connectivity index (χ0n) is 16.5. The van der Waals surface area contributed by atoms with Gasteiger partial charge in [0.15, 0.2) is 5.82 Å². The minimum Gasteiger partial charge on any atom is -0.355 e. The summed E-state index contributed by atoms with van der Waals surface area (Å²) in [6.07, 6.45) is 4.47. The molecule has 3 aromatic rings. The van der Waals surface area contributed by atoms with Gasteiger partial charge in [0.05, 0.1) is 16.8 Å². The lowest BCUT2D eigenvalue weighted by Gasteiger charge is -2.29. The van der Waals surface area contributed by atoms with Gasteiger partial charge in [0.2, 0.25) is 5.91 Å². The molecule has 4 rings (SSSR count). The summed E-state index contributed by atoms with van der Waals surface area (Å²) in [5, 5.41) is 3.87. The third-order valence-electron chi connectivity index (χ3n) is 5.10. The van der Waals surface area contributed by atoms with Gasteiger partial charge in [-0.3, -0.25) is 4.79 Å². The smallest absolute Gasteiger partial charge is 0.230 e. The predicted octanol–water partition coefficient (Wildman–Crippen LogP) is 4.07. The first-order chi connectivity index (χ1) is 14.3. The zero-order valence-corrected chi connectivity index (χ0v) is 17.3. The zero-order chi connectivity index (χ0) is 19.9. The molecular formula is C23H26N4OS. The number of nitrogens with one attached hydrogen (secondary N) is 1. The summed E-state index contributed by atoms with van der Waals surface area (Å²) in [4.78, 5) is 24.4. The Morgan fingerprint density at radius 1 is 0.931 bits per heavy atom. The molecule has 1 saturated heterocycles. The fraction of sp³-hybridized carbons (Fsp3) is 0.348. The topological polar surface area (TPSA) is 58.1 Å². The molecule has 1 aromatic heterocycles. The fourth-order valence-corrected chi connectivity index (χ4v) is 4.40. The number of fused-ring (bicyclic) bond motifs is 1. The largest absolute Gasteiger partial charge is 0.355 e. The minimum atomic E-state index is 0.0329. The molecule has 2 heterocycles. The van der Waals surface area contributed by atoms with Crippen molar-refractivity contribution in [3.63, 3.8) is 0 Å². The number of amides is 1. The highest BCUT2D eigenvalue weighted by molar-refractivity contribution is 8.00. The van der Waals surface area contributed by atoms with Crippen molar-refractivity contribution in [3.05, 3.63) is 60.2 Å². The van der Waals surface area contributed by atoms with Crippen molar-refractivity contribution >= 4 is 34.5 Å². The third kappa shape index (κ3) is 5.26. The molecule has 1 amide bonds. The van der Waals surface area contributed by atoms with E-state index in [0.717, 1.165) is 41.4 Å². The van der Waals surface area contributed by atoms with Crippen molar-refractivity contribution < 1.29 is 4.79 Å². The number of rotatable bonds is 7. The van der Waals surface area contributed by atoms with E-state index in [9.17, 15) is 4.79 Å². The maximum atomic E-state index is 12.4. The summed E-state index contributed by atoms with van der Waals surface area (Å²) >= 11 is 1.48. The molecule has 0 radical (unpaired) electrons. The van der Waals surface area contributed by atoms with Gasteiger partial charge in [-0.25, -0.2) is 9.97 Å². The molecule has 1 aliphatic rings. The van der Waals surface area contributed by atoms with Crippen LogP contribution in [0.5, 0.6) is 0 Å². The molecule has 0 atom stereocenters. The van der Waals surface area contributed by atoms with Crippen LogP contribution in [0.3, 0.4) is 0 Å². The first-order valence-corrected chi connectivity index (χ1v) is 11.2. The van der Waals surface area contributed by atoms with Crippen LogP contribution in [0.15, 0.2) is 59.6 Å². The van der Waals surface area contributed by atoms with Crippen molar-refractivity contribution in [1.29, 1.82) is 0 Å². The predicted molar refractivity (Wildman–Crippen MR) is 119 cm³/mol. The number of carbonyl (C=O) groups excluding carboxylic acids is 1. The Morgan fingerprint density at radius 2 is 1.62 bits per heavy atom. The second kappa shape index (κ2) is 9.74.